The van der Waals surface area contributed by atoms with Crippen LogP contribution in [0.3, 0.4) is 0 Å². The highest BCUT2D eigenvalue weighted by atomic mass is 32.2. The Labute approximate surface area is 210 Å². The molecule has 0 saturated heterocycles. The number of rotatable bonds is 8. The fraction of sp³-hybridized carbons (Fsp3) is 1.00. The first kappa shape index (κ1) is 27.7. The number of aliphatic hydroxyl groups is 4. The second-order valence-electron chi connectivity index (χ2n) is 13.0. The third-order valence-corrected chi connectivity index (χ3v) is 11.7. The van der Waals surface area contributed by atoms with Crippen LogP contribution in [-0.2, 0) is 10.1 Å². The van der Waals surface area contributed by atoms with E-state index in [-0.39, 0.29) is 59.4 Å². The maximum Gasteiger partial charge on any atom is 0.266 e. The molecular weight excluding hydrogens is 470 g/mol. The topological polar surface area (TPSA) is 147 Å². The standard InChI is InChI=1S/C26H47NO7S/c1-15(10-18(29)14-27-8-9-35(32,33)34)20-13-22(31)24-23-19(5-7-26(20,24)3)25(2)6-4-17(28)11-16(25)12-21(23)30/h15-24,27-31H,4-14H2,1-3H3,(H,32,33,34). The average molecular weight is 518 g/mol. The molecule has 0 spiro atoms. The van der Waals surface area contributed by atoms with E-state index >= 15 is 0 Å². The zero-order valence-electron chi connectivity index (χ0n) is 21.5. The van der Waals surface area contributed by atoms with Gasteiger partial charge in [0.1, 0.15) is 0 Å². The van der Waals surface area contributed by atoms with E-state index in [0.29, 0.717) is 31.1 Å². The van der Waals surface area contributed by atoms with E-state index in [0.717, 1.165) is 32.1 Å². The second kappa shape index (κ2) is 10.1. The lowest BCUT2D eigenvalue weighted by molar-refractivity contribution is -0.185. The molecule has 6 N–H and O–H groups in total. The minimum Gasteiger partial charge on any atom is -0.393 e. The highest BCUT2D eigenvalue weighted by Crippen LogP contribution is 2.68. The van der Waals surface area contributed by atoms with E-state index in [9.17, 15) is 28.8 Å². The van der Waals surface area contributed by atoms with Crippen LogP contribution in [0.5, 0.6) is 0 Å². The van der Waals surface area contributed by atoms with Crippen LogP contribution in [0.2, 0.25) is 0 Å². The number of fused-ring (bicyclic) bond motifs is 5. The van der Waals surface area contributed by atoms with Gasteiger partial charge in [0.05, 0.1) is 30.2 Å². The van der Waals surface area contributed by atoms with Crippen molar-refractivity contribution < 1.29 is 33.4 Å². The van der Waals surface area contributed by atoms with Gasteiger partial charge in [0.2, 0.25) is 0 Å². The quantitative estimate of drug-likeness (QED) is 0.211. The third kappa shape index (κ3) is 5.33. The molecule has 8 nitrogen and oxygen atoms in total. The molecule has 204 valence electrons. The highest BCUT2D eigenvalue weighted by Gasteiger charge is 2.65. The van der Waals surface area contributed by atoms with Gasteiger partial charge in [-0.1, -0.05) is 20.8 Å². The summed E-state index contributed by atoms with van der Waals surface area (Å²) in [6.07, 6.45) is 4.75. The summed E-state index contributed by atoms with van der Waals surface area (Å²) < 4.78 is 30.6. The summed E-state index contributed by atoms with van der Waals surface area (Å²) in [4.78, 5) is 0. The van der Waals surface area contributed by atoms with Gasteiger partial charge in [-0.3, -0.25) is 4.55 Å². The van der Waals surface area contributed by atoms with Gasteiger partial charge in [-0.2, -0.15) is 8.42 Å². The Morgan fingerprint density at radius 2 is 1.69 bits per heavy atom. The molecule has 4 rings (SSSR count). The third-order valence-electron chi connectivity index (χ3n) is 11.0. The van der Waals surface area contributed by atoms with Crippen molar-refractivity contribution >= 4 is 10.1 Å². The minimum absolute atomic E-state index is 0.0401. The SMILES string of the molecule is CC(CC(O)CNCCS(=O)(=O)O)C1CC(O)C2C3C(O)CC4CC(O)CCC4(C)C3CCC12C. The molecule has 0 aromatic carbocycles. The van der Waals surface area contributed by atoms with Crippen LogP contribution in [0, 0.1) is 46.3 Å². The van der Waals surface area contributed by atoms with Crippen LogP contribution >= 0.6 is 0 Å². The van der Waals surface area contributed by atoms with Crippen LogP contribution in [0.25, 0.3) is 0 Å². The van der Waals surface area contributed by atoms with Crippen LogP contribution in [-0.4, -0.2) is 76.7 Å². The molecule has 0 amide bonds. The van der Waals surface area contributed by atoms with E-state index in [1.165, 1.54) is 0 Å². The Hall–Kier alpha value is -0.290. The van der Waals surface area contributed by atoms with Crippen molar-refractivity contribution in [2.75, 3.05) is 18.8 Å². The van der Waals surface area contributed by atoms with E-state index in [1.54, 1.807) is 0 Å². The minimum atomic E-state index is -4.02. The molecular formula is C26H47NO7S. The van der Waals surface area contributed by atoms with E-state index in [4.69, 9.17) is 4.55 Å². The smallest absolute Gasteiger partial charge is 0.266 e. The maximum absolute atomic E-state index is 11.4. The van der Waals surface area contributed by atoms with Crippen molar-refractivity contribution in [2.24, 2.45) is 46.3 Å². The molecule has 0 aromatic rings. The Bertz CT molecular complexity index is 855. The van der Waals surface area contributed by atoms with Crippen LogP contribution in [0.1, 0.15) is 72.1 Å². The van der Waals surface area contributed by atoms with Crippen molar-refractivity contribution in [3.63, 3.8) is 0 Å². The molecule has 0 aromatic heterocycles. The molecule has 0 aliphatic heterocycles. The van der Waals surface area contributed by atoms with E-state index < -0.39 is 28.4 Å². The lowest BCUT2D eigenvalue weighted by atomic mass is 9.43. The van der Waals surface area contributed by atoms with E-state index in [1.807, 2.05) is 0 Å². The maximum atomic E-state index is 11.4. The number of hydrogen-bond acceptors (Lipinski definition) is 7. The summed E-state index contributed by atoms with van der Waals surface area (Å²) in [6, 6.07) is 0. The van der Waals surface area contributed by atoms with Crippen LogP contribution in [0.15, 0.2) is 0 Å². The molecule has 0 heterocycles. The van der Waals surface area contributed by atoms with Gasteiger partial charge in [0, 0.05) is 13.1 Å². The highest BCUT2D eigenvalue weighted by molar-refractivity contribution is 7.85. The van der Waals surface area contributed by atoms with Crippen molar-refractivity contribution in [1.82, 2.24) is 5.32 Å². The number of hydrogen-bond donors (Lipinski definition) is 6. The second-order valence-corrected chi connectivity index (χ2v) is 14.5. The summed E-state index contributed by atoms with van der Waals surface area (Å²) in [7, 11) is -4.02. The Kier molecular flexibility index (Phi) is 8.02. The molecule has 12 atom stereocenters. The molecule has 0 radical (unpaired) electrons. The molecule has 4 aliphatic rings. The number of aliphatic hydroxyl groups excluding tert-OH is 4. The summed E-state index contributed by atoms with van der Waals surface area (Å²) in [5.41, 5.74) is 0.00820. The summed E-state index contributed by atoms with van der Waals surface area (Å²) in [6.45, 7) is 7.13. The van der Waals surface area contributed by atoms with Gasteiger partial charge in [0.25, 0.3) is 10.1 Å². The lowest BCUT2D eigenvalue weighted by Crippen LogP contribution is -2.60. The van der Waals surface area contributed by atoms with Gasteiger partial charge >= 0.3 is 0 Å². The predicted molar refractivity (Wildman–Crippen MR) is 133 cm³/mol. The first-order chi connectivity index (χ1) is 16.3. The predicted octanol–water partition coefficient (Wildman–Crippen LogP) is 1.81. The zero-order valence-corrected chi connectivity index (χ0v) is 22.3. The molecule has 35 heavy (non-hydrogen) atoms. The van der Waals surface area contributed by atoms with Crippen molar-refractivity contribution in [2.45, 2.75) is 96.6 Å². The van der Waals surface area contributed by atoms with Crippen LogP contribution in [0.4, 0.5) is 0 Å². The molecule has 9 heteroatoms. The monoisotopic (exact) mass is 517 g/mol. The Morgan fingerprint density at radius 1 is 1.00 bits per heavy atom. The van der Waals surface area contributed by atoms with Crippen molar-refractivity contribution in [3.05, 3.63) is 0 Å². The first-order valence-corrected chi connectivity index (χ1v) is 15.3. The van der Waals surface area contributed by atoms with Crippen LogP contribution < -0.4 is 5.32 Å². The fourth-order valence-electron chi connectivity index (χ4n) is 9.33. The molecule has 4 saturated carbocycles. The first-order valence-electron chi connectivity index (χ1n) is 13.6. The fourth-order valence-corrected chi connectivity index (χ4v) is 9.73. The van der Waals surface area contributed by atoms with E-state index in [2.05, 4.69) is 26.1 Å². The number of nitrogens with one attached hydrogen (secondary N) is 1. The molecule has 0 bridgehead atoms. The Balaban J connectivity index is 1.43. The van der Waals surface area contributed by atoms with Crippen molar-refractivity contribution in [3.8, 4) is 0 Å². The average Bonchev–Trinajstić information content (AvgIpc) is 3.03. The zero-order chi connectivity index (χ0) is 25.8. The van der Waals surface area contributed by atoms with Gasteiger partial charge in [0.15, 0.2) is 0 Å². The Morgan fingerprint density at radius 3 is 2.37 bits per heavy atom. The van der Waals surface area contributed by atoms with Gasteiger partial charge < -0.3 is 25.7 Å². The molecule has 4 fully saturated rings. The summed E-state index contributed by atoms with van der Waals surface area (Å²) >= 11 is 0. The lowest BCUT2D eigenvalue weighted by Gasteiger charge is -2.62. The van der Waals surface area contributed by atoms with Gasteiger partial charge in [-0.05, 0) is 97.7 Å². The van der Waals surface area contributed by atoms with Gasteiger partial charge in [-0.15, -0.1) is 0 Å². The summed E-state index contributed by atoms with van der Waals surface area (Å²) in [5.74, 6) is 0.841. The largest absolute Gasteiger partial charge is 0.393 e. The molecule has 4 aliphatic carbocycles. The normalized spacial score (nSPS) is 47.4. The van der Waals surface area contributed by atoms with Crippen molar-refractivity contribution in [1.29, 1.82) is 0 Å². The summed E-state index contributed by atoms with van der Waals surface area (Å²) in [5, 5.41) is 46.5. The van der Waals surface area contributed by atoms with Gasteiger partial charge in [-0.25, -0.2) is 0 Å². The molecule has 12 unspecified atom stereocenters.